The molecule has 0 fully saturated rings. The van der Waals surface area contributed by atoms with Gasteiger partial charge in [-0.2, -0.15) is 5.26 Å². The highest BCUT2D eigenvalue weighted by Gasteiger charge is 2.07. The van der Waals surface area contributed by atoms with Gasteiger partial charge in [-0.05, 0) is 31.2 Å². The zero-order valence-corrected chi connectivity index (χ0v) is 10.5. The van der Waals surface area contributed by atoms with Crippen LogP contribution in [0.4, 0.5) is 15.8 Å². The molecule has 0 radical (unpaired) electrons. The molecule has 0 amide bonds. The molecule has 2 aromatic carbocycles. The van der Waals surface area contributed by atoms with Gasteiger partial charge in [0.2, 0.25) is 0 Å². The van der Waals surface area contributed by atoms with E-state index in [1.807, 2.05) is 31.2 Å². The van der Waals surface area contributed by atoms with Crippen LogP contribution < -0.4 is 10.1 Å². The standard InChI is InChI=1S/C15H13FN2O/c1-2-19-12-6-3-5-11(9-12)18-15-8-4-7-14(16)13(15)10-17/h3-9,18H,2H2,1H3. The number of nitrogens with one attached hydrogen (secondary N) is 1. The second-order valence-corrected chi connectivity index (χ2v) is 3.86. The van der Waals surface area contributed by atoms with Crippen molar-refractivity contribution in [2.24, 2.45) is 0 Å². The first-order valence-corrected chi connectivity index (χ1v) is 5.93. The molecule has 3 nitrogen and oxygen atoms in total. The van der Waals surface area contributed by atoms with Gasteiger partial charge in [0.15, 0.2) is 0 Å². The van der Waals surface area contributed by atoms with E-state index in [2.05, 4.69) is 5.32 Å². The van der Waals surface area contributed by atoms with Crippen LogP contribution in [0.15, 0.2) is 42.5 Å². The molecule has 0 saturated heterocycles. The summed E-state index contributed by atoms with van der Waals surface area (Å²) >= 11 is 0. The van der Waals surface area contributed by atoms with Crippen molar-refractivity contribution >= 4 is 11.4 Å². The zero-order chi connectivity index (χ0) is 13.7. The molecule has 4 heteroatoms. The Morgan fingerprint density at radius 3 is 2.79 bits per heavy atom. The fourth-order valence-corrected chi connectivity index (χ4v) is 1.73. The van der Waals surface area contributed by atoms with Crippen LogP contribution in [0.1, 0.15) is 12.5 Å². The molecule has 2 rings (SSSR count). The second-order valence-electron chi connectivity index (χ2n) is 3.86. The topological polar surface area (TPSA) is 45.0 Å². The van der Waals surface area contributed by atoms with E-state index in [4.69, 9.17) is 10.00 Å². The number of hydrogen-bond acceptors (Lipinski definition) is 3. The number of hydrogen-bond donors (Lipinski definition) is 1. The fourth-order valence-electron chi connectivity index (χ4n) is 1.73. The van der Waals surface area contributed by atoms with Crippen LogP contribution in [0.5, 0.6) is 5.75 Å². The molecule has 0 aliphatic carbocycles. The highest BCUT2D eigenvalue weighted by molar-refractivity contribution is 5.67. The number of anilines is 2. The van der Waals surface area contributed by atoms with E-state index >= 15 is 0 Å². The Balaban J connectivity index is 2.29. The monoisotopic (exact) mass is 256 g/mol. The molecule has 0 unspecified atom stereocenters. The Labute approximate surface area is 111 Å². The van der Waals surface area contributed by atoms with E-state index in [9.17, 15) is 4.39 Å². The molecule has 0 aliphatic heterocycles. The normalized spacial score (nSPS) is 9.74. The largest absolute Gasteiger partial charge is 0.494 e. The van der Waals surface area contributed by atoms with Crippen molar-refractivity contribution in [1.82, 2.24) is 0 Å². The van der Waals surface area contributed by atoms with Gasteiger partial charge >= 0.3 is 0 Å². The van der Waals surface area contributed by atoms with Crippen LogP contribution in [0, 0.1) is 17.1 Å². The van der Waals surface area contributed by atoms with Crippen LogP contribution in [0.25, 0.3) is 0 Å². The maximum Gasteiger partial charge on any atom is 0.143 e. The minimum absolute atomic E-state index is 0.00399. The number of ether oxygens (including phenoxy) is 1. The predicted octanol–water partition coefficient (Wildman–Crippen LogP) is 3.84. The minimum Gasteiger partial charge on any atom is -0.494 e. The van der Waals surface area contributed by atoms with Gasteiger partial charge < -0.3 is 10.1 Å². The molecule has 0 atom stereocenters. The average Bonchev–Trinajstić information content (AvgIpc) is 2.40. The van der Waals surface area contributed by atoms with Crippen molar-refractivity contribution in [2.75, 3.05) is 11.9 Å². The highest BCUT2D eigenvalue weighted by Crippen LogP contribution is 2.25. The number of halogens is 1. The Kier molecular flexibility index (Phi) is 3.99. The maximum absolute atomic E-state index is 13.5. The first kappa shape index (κ1) is 12.9. The molecular formula is C15H13FN2O. The molecule has 0 aromatic heterocycles. The second kappa shape index (κ2) is 5.87. The highest BCUT2D eigenvalue weighted by atomic mass is 19.1. The molecule has 0 bridgehead atoms. The minimum atomic E-state index is -0.534. The summed E-state index contributed by atoms with van der Waals surface area (Å²) in [7, 11) is 0. The van der Waals surface area contributed by atoms with Crippen molar-refractivity contribution < 1.29 is 9.13 Å². The smallest absolute Gasteiger partial charge is 0.143 e. The summed E-state index contributed by atoms with van der Waals surface area (Å²) in [5.74, 6) is 0.191. The third-order valence-corrected chi connectivity index (χ3v) is 2.55. The zero-order valence-electron chi connectivity index (χ0n) is 10.5. The van der Waals surface area contributed by atoms with E-state index in [0.717, 1.165) is 11.4 Å². The third kappa shape index (κ3) is 3.02. The summed E-state index contributed by atoms with van der Waals surface area (Å²) in [6.07, 6.45) is 0. The summed E-state index contributed by atoms with van der Waals surface area (Å²) in [5, 5.41) is 12.0. The third-order valence-electron chi connectivity index (χ3n) is 2.55. The summed E-state index contributed by atoms with van der Waals surface area (Å²) in [5.41, 5.74) is 1.19. The van der Waals surface area contributed by atoms with Gasteiger partial charge in [0, 0.05) is 11.8 Å². The molecule has 2 aromatic rings. The van der Waals surface area contributed by atoms with E-state index < -0.39 is 5.82 Å². The number of nitriles is 1. The number of benzene rings is 2. The summed E-state index contributed by atoms with van der Waals surface area (Å²) < 4.78 is 18.9. The molecule has 0 saturated carbocycles. The maximum atomic E-state index is 13.5. The van der Waals surface area contributed by atoms with Crippen molar-refractivity contribution in [2.45, 2.75) is 6.92 Å². The summed E-state index contributed by atoms with van der Waals surface area (Å²) in [4.78, 5) is 0. The van der Waals surface area contributed by atoms with Crippen molar-refractivity contribution in [3.63, 3.8) is 0 Å². The molecule has 0 aliphatic rings. The lowest BCUT2D eigenvalue weighted by molar-refractivity contribution is 0.340. The fraction of sp³-hybridized carbons (Fsp3) is 0.133. The van der Waals surface area contributed by atoms with Gasteiger partial charge in [0.1, 0.15) is 23.2 Å². The Bertz CT molecular complexity index is 620. The Hall–Kier alpha value is -2.54. The first-order valence-electron chi connectivity index (χ1n) is 5.93. The Morgan fingerprint density at radius 1 is 1.26 bits per heavy atom. The number of rotatable bonds is 4. The summed E-state index contributed by atoms with van der Waals surface area (Å²) in [6, 6.07) is 13.6. The van der Waals surface area contributed by atoms with Gasteiger partial charge in [-0.1, -0.05) is 12.1 Å². The van der Waals surface area contributed by atoms with Crippen LogP contribution in [-0.4, -0.2) is 6.61 Å². The van der Waals surface area contributed by atoms with E-state index in [1.54, 1.807) is 18.2 Å². The Morgan fingerprint density at radius 2 is 2.05 bits per heavy atom. The van der Waals surface area contributed by atoms with Crippen molar-refractivity contribution in [1.29, 1.82) is 5.26 Å². The van der Waals surface area contributed by atoms with Crippen LogP contribution in [0.2, 0.25) is 0 Å². The number of nitrogens with zero attached hydrogens (tertiary/aromatic N) is 1. The molecular weight excluding hydrogens is 243 g/mol. The van der Waals surface area contributed by atoms with Gasteiger partial charge in [-0.25, -0.2) is 4.39 Å². The van der Waals surface area contributed by atoms with Gasteiger partial charge in [0.05, 0.1) is 12.3 Å². The average molecular weight is 256 g/mol. The van der Waals surface area contributed by atoms with Crippen LogP contribution >= 0.6 is 0 Å². The van der Waals surface area contributed by atoms with E-state index in [0.29, 0.717) is 12.3 Å². The van der Waals surface area contributed by atoms with Crippen LogP contribution in [0.3, 0.4) is 0 Å². The lowest BCUT2D eigenvalue weighted by Gasteiger charge is -2.10. The van der Waals surface area contributed by atoms with Gasteiger partial charge in [-0.15, -0.1) is 0 Å². The lowest BCUT2D eigenvalue weighted by atomic mass is 10.1. The van der Waals surface area contributed by atoms with Gasteiger partial charge in [0.25, 0.3) is 0 Å². The van der Waals surface area contributed by atoms with Crippen LogP contribution in [-0.2, 0) is 0 Å². The molecule has 19 heavy (non-hydrogen) atoms. The quantitative estimate of drug-likeness (QED) is 0.903. The lowest BCUT2D eigenvalue weighted by Crippen LogP contribution is -1.97. The molecule has 1 N–H and O–H groups in total. The van der Waals surface area contributed by atoms with E-state index in [-0.39, 0.29) is 5.56 Å². The summed E-state index contributed by atoms with van der Waals surface area (Å²) in [6.45, 7) is 2.48. The molecule has 96 valence electrons. The molecule has 0 heterocycles. The van der Waals surface area contributed by atoms with Crippen molar-refractivity contribution in [3.8, 4) is 11.8 Å². The molecule has 0 spiro atoms. The van der Waals surface area contributed by atoms with Gasteiger partial charge in [-0.3, -0.25) is 0 Å². The SMILES string of the molecule is CCOc1cccc(Nc2cccc(F)c2C#N)c1. The van der Waals surface area contributed by atoms with Crippen molar-refractivity contribution in [3.05, 3.63) is 53.8 Å². The predicted molar refractivity (Wildman–Crippen MR) is 72.0 cm³/mol. The van der Waals surface area contributed by atoms with E-state index in [1.165, 1.54) is 6.07 Å². The first-order chi connectivity index (χ1) is 9.24.